The fourth-order valence-electron chi connectivity index (χ4n) is 0.918. The Morgan fingerprint density at radius 3 is 2.39 bits per heavy atom. The molecule has 0 aliphatic carbocycles. The summed E-state index contributed by atoms with van der Waals surface area (Å²) in [6.07, 6.45) is -1.58. The van der Waals surface area contributed by atoms with Crippen LogP contribution in [0.1, 0.15) is 6.42 Å². The van der Waals surface area contributed by atoms with E-state index in [0.717, 1.165) is 0 Å². The second-order valence-corrected chi connectivity index (χ2v) is 3.34. The van der Waals surface area contributed by atoms with E-state index in [-0.39, 0.29) is 32.7 Å². The summed E-state index contributed by atoms with van der Waals surface area (Å²) < 4.78 is 4.78. The highest BCUT2D eigenvalue weighted by atomic mass is 16.5. The zero-order valence-corrected chi connectivity index (χ0v) is 9.72. The lowest BCUT2D eigenvalue weighted by molar-refractivity contribution is -0.146. The number of urea groups is 1. The number of aliphatic hydroxyl groups excluding tert-OH is 1. The molecule has 0 saturated heterocycles. The van der Waals surface area contributed by atoms with Crippen molar-refractivity contribution in [2.24, 2.45) is 5.73 Å². The van der Waals surface area contributed by atoms with Crippen LogP contribution in [0.5, 0.6) is 0 Å². The highest BCUT2D eigenvalue weighted by molar-refractivity contribution is 5.75. The van der Waals surface area contributed by atoms with Crippen LogP contribution in [0.3, 0.4) is 0 Å². The van der Waals surface area contributed by atoms with Crippen molar-refractivity contribution < 1.29 is 29.3 Å². The van der Waals surface area contributed by atoms with Crippen molar-refractivity contribution in [3.8, 4) is 0 Å². The monoisotopic (exact) mass is 263 g/mol. The van der Waals surface area contributed by atoms with Crippen molar-refractivity contribution in [2.75, 3.05) is 26.3 Å². The van der Waals surface area contributed by atoms with Gasteiger partial charge in [0.05, 0.1) is 6.61 Å². The minimum absolute atomic E-state index is 0.0292. The fraction of sp³-hybridized carbons (Fsp3) is 0.667. The topological polar surface area (TPSA) is 151 Å². The lowest BCUT2D eigenvalue weighted by atomic mass is 10.2. The second kappa shape index (κ2) is 9.19. The third kappa shape index (κ3) is 9.36. The van der Waals surface area contributed by atoms with Crippen molar-refractivity contribution in [1.29, 1.82) is 0 Å². The Balaban J connectivity index is 3.43. The van der Waals surface area contributed by atoms with Gasteiger partial charge in [-0.1, -0.05) is 0 Å². The van der Waals surface area contributed by atoms with Gasteiger partial charge in [0.1, 0.15) is 6.61 Å². The Labute approximate surface area is 103 Å². The molecule has 18 heavy (non-hydrogen) atoms. The Hall–Kier alpha value is -1.87. The maximum absolute atomic E-state index is 11.1. The zero-order chi connectivity index (χ0) is 14.0. The molecule has 104 valence electrons. The Morgan fingerprint density at radius 1 is 1.22 bits per heavy atom. The lowest BCUT2D eigenvalue weighted by Gasteiger charge is -2.08. The van der Waals surface area contributed by atoms with Gasteiger partial charge >= 0.3 is 12.0 Å². The van der Waals surface area contributed by atoms with Crippen LogP contribution in [0.4, 0.5) is 4.79 Å². The molecule has 9 heteroatoms. The van der Waals surface area contributed by atoms with Crippen LogP contribution in [-0.2, 0) is 14.3 Å². The van der Waals surface area contributed by atoms with E-state index in [1.54, 1.807) is 0 Å². The van der Waals surface area contributed by atoms with Crippen molar-refractivity contribution >= 4 is 17.9 Å². The SMILES string of the molecule is NC(=O)COCCNC(=O)NCC[C@H](O)C(=O)O. The summed E-state index contributed by atoms with van der Waals surface area (Å²) in [5.41, 5.74) is 4.82. The van der Waals surface area contributed by atoms with Crippen LogP contribution < -0.4 is 16.4 Å². The molecule has 0 bridgehead atoms. The highest BCUT2D eigenvalue weighted by Crippen LogP contribution is 1.88. The molecule has 0 fully saturated rings. The molecule has 0 aromatic rings. The van der Waals surface area contributed by atoms with Crippen LogP contribution in [0.15, 0.2) is 0 Å². The van der Waals surface area contributed by atoms with E-state index in [9.17, 15) is 14.4 Å². The molecule has 0 aromatic carbocycles. The number of carboxylic acid groups (broad SMARTS) is 1. The molecule has 6 N–H and O–H groups in total. The van der Waals surface area contributed by atoms with Crippen LogP contribution in [0, 0.1) is 0 Å². The van der Waals surface area contributed by atoms with E-state index in [2.05, 4.69) is 10.6 Å². The van der Waals surface area contributed by atoms with Gasteiger partial charge in [-0.3, -0.25) is 4.79 Å². The summed E-state index contributed by atoms with van der Waals surface area (Å²) in [6, 6.07) is -0.518. The third-order valence-electron chi connectivity index (χ3n) is 1.76. The van der Waals surface area contributed by atoms with Gasteiger partial charge in [0.15, 0.2) is 6.10 Å². The molecule has 0 spiro atoms. The average Bonchev–Trinajstić information content (AvgIpc) is 2.27. The van der Waals surface area contributed by atoms with Gasteiger partial charge in [0, 0.05) is 19.5 Å². The number of carbonyl (C=O) groups is 3. The molecule has 0 heterocycles. The van der Waals surface area contributed by atoms with Gasteiger partial charge in [-0.05, 0) is 0 Å². The van der Waals surface area contributed by atoms with E-state index >= 15 is 0 Å². The van der Waals surface area contributed by atoms with Gasteiger partial charge in [0.25, 0.3) is 0 Å². The minimum atomic E-state index is -1.50. The molecule has 0 unspecified atom stereocenters. The first kappa shape index (κ1) is 16.1. The summed E-state index contributed by atoms with van der Waals surface area (Å²) in [5, 5.41) is 22.0. The quantitative estimate of drug-likeness (QED) is 0.293. The van der Waals surface area contributed by atoms with Gasteiger partial charge in [0.2, 0.25) is 5.91 Å². The number of hydrogen-bond acceptors (Lipinski definition) is 5. The van der Waals surface area contributed by atoms with E-state index in [1.165, 1.54) is 0 Å². The summed E-state index contributed by atoms with van der Waals surface area (Å²) in [6.45, 7) is 0.129. The minimum Gasteiger partial charge on any atom is -0.479 e. The van der Waals surface area contributed by atoms with E-state index < -0.39 is 24.0 Å². The predicted octanol–water partition coefficient (Wildman–Crippen LogP) is -2.38. The summed E-state index contributed by atoms with van der Waals surface area (Å²) >= 11 is 0. The van der Waals surface area contributed by atoms with Gasteiger partial charge in [-0.15, -0.1) is 0 Å². The largest absolute Gasteiger partial charge is 0.479 e. The number of nitrogens with one attached hydrogen (secondary N) is 2. The number of carboxylic acids is 1. The Bertz CT molecular complexity index is 296. The third-order valence-corrected chi connectivity index (χ3v) is 1.76. The number of carbonyl (C=O) groups excluding carboxylic acids is 2. The summed E-state index contributed by atoms with van der Waals surface area (Å²) in [5.74, 6) is -1.93. The van der Waals surface area contributed by atoms with Gasteiger partial charge in [-0.25, -0.2) is 9.59 Å². The molecule has 1 atom stereocenters. The standard InChI is InChI=1S/C9H17N3O6/c10-7(14)5-18-4-3-12-9(17)11-2-1-6(13)8(15)16/h6,13H,1-5H2,(H2,10,14)(H,15,16)(H2,11,12,17)/t6-/m0/s1. The number of aliphatic carboxylic acids is 1. The van der Waals surface area contributed by atoms with Crippen molar-refractivity contribution in [2.45, 2.75) is 12.5 Å². The fourth-order valence-corrected chi connectivity index (χ4v) is 0.918. The molecule has 9 nitrogen and oxygen atoms in total. The smallest absolute Gasteiger partial charge is 0.332 e. The molecule has 0 radical (unpaired) electrons. The molecule has 0 aliphatic rings. The van der Waals surface area contributed by atoms with E-state index in [1.807, 2.05) is 0 Å². The molecule has 0 rings (SSSR count). The van der Waals surface area contributed by atoms with E-state index in [4.69, 9.17) is 20.7 Å². The molecular weight excluding hydrogens is 246 g/mol. The molecule has 0 aromatic heterocycles. The number of hydrogen-bond donors (Lipinski definition) is 5. The number of primary amides is 1. The predicted molar refractivity (Wildman–Crippen MR) is 59.7 cm³/mol. The maximum Gasteiger partial charge on any atom is 0.332 e. The molecular formula is C9H17N3O6. The van der Waals surface area contributed by atoms with Crippen molar-refractivity contribution in [3.05, 3.63) is 0 Å². The second-order valence-electron chi connectivity index (χ2n) is 3.34. The number of ether oxygens (including phenoxy) is 1. The van der Waals surface area contributed by atoms with Crippen molar-refractivity contribution in [3.63, 3.8) is 0 Å². The lowest BCUT2D eigenvalue weighted by Crippen LogP contribution is -2.39. The molecule has 0 saturated carbocycles. The zero-order valence-electron chi connectivity index (χ0n) is 9.72. The van der Waals surface area contributed by atoms with Crippen LogP contribution in [0.2, 0.25) is 0 Å². The number of rotatable bonds is 9. The first-order chi connectivity index (χ1) is 8.43. The maximum atomic E-state index is 11.1. The van der Waals surface area contributed by atoms with Crippen LogP contribution in [0.25, 0.3) is 0 Å². The normalized spacial score (nSPS) is 11.6. The summed E-state index contributed by atoms with van der Waals surface area (Å²) in [4.78, 5) is 31.6. The van der Waals surface area contributed by atoms with E-state index in [0.29, 0.717) is 0 Å². The van der Waals surface area contributed by atoms with Crippen molar-refractivity contribution in [1.82, 2.24) is 10.6 Å². The highest BCUT2D eigenvalue weighted by Gasteiger charge is 2.12. The first-order valence-corrected chi connectivity index (χ1v) is 5.22. The van der Waals surface area contributed by atoms with Gasteiger partial charge < -0.3 is 31.3 Å². The molecule has 3 amide bonds. The Kier molecular flexibility index (Phi) is 8.24. The summed E-state index contributed by atoms with van der Waals surface area (Å²) in [7, 11) is 0. The number of aliphatic hydroxyl groups is 1. The first-order valence-electron chi connectivity index (χ1n) is 5.22. The average molecular weight is 263 g/mol. The number of amides is 3. The van der Waals surface area contributed by atoms with Crippen LogP contribution in [-0.4, -0.2) is 60.5 Å². The van der Waals surface area contributed by atoms with Crippen LogP contribution >= 0.6 is 0 Å². The van der Waals surface area contributed by atoms with Gasteiger partial charge in [-0.2, -0.15) is 0 Å². The number of nitrogens with two attached hydrogens (primary N) is 1. The Morgan fingerprint density at radius 2 is 1.83 bits per heavy atom. The molecule has 0 aliphatic heterocycles.